The Morgan fingerprint density at radius 2 is 2.07 bits per heavy atom. The second kappa shape index (κ2) is 5.73. The standard InChI is InChI=1S/C11H19N3/c1-10(2)13-8-11(3)9-14-6-4-12-5-7-14/h8,12H,1,3-7,9H2,2H3. The molecule has 3 nitrogen and oxygen atoms in total. The second-order valence-electron chi connectivity index (χ2n) is 3.68. The Morgan fingerprint density at radius 3 is 2.64 bits per heavy atom. The number of hydrogen-bond acceptors (Lipinski definition) is 3. The lowest BCUT2D eigenvalue weighted by Crippen LogP contribution is -2.44. The van der Waals surface area contributed by atoms with E-state index < -0.39 is 0 Å². The Morgan fingerprint density at radius 1 is 1.43 bits per heavy atom. The average Bonchev–Trinajstić information content (AvgIpc) is 2.16. The molecule has 1 saturated heterocycles. The van der Waals surface area contributed by atoms with Gasteiger partial charge in [0, 0.05) is 44.6 Å². The van der Waals surface area contributed by atoms with Crippen molar-refractivity contribution in [2.45, 2.75) is 6.92 Å². The van der Waals surface area contributed by atoms with Crippen molar-refractivity contribution >= 4 is 6.21 Å². The van der Waals surface area contributed by atoms with Crippen LogP contribution in [0.4, 0.5) is 0 Å². The fourth-order valence-corrected chi connectivity index (χ4v) is 1.40. The predicted molar refractivity (Wildman–Crippen MR) is 61.8 cm³/mol. The molecule has 1 heterocycles. The van der Waals surface area contributed by atoms with Crippen LogP contribution in [0.5, 0.6) is 0 Å². The van der Waals surface area contributed by atoms with E-state index in [1.54, 1.807) is 0 Å². The van der Waals surface area contributed by atoms with Gasteiger partial charge in [-0.25, -0.2) is 0 Å². The van der Waals surface area contributed by atoms with Gasteiger partial charge in [0.2, 0.25) is 0 Å². The summed E-state index contributed by atoms with van der Waals surface area (Å²) in [6, 6.07) is 0. The van der Waals surface area contributed by atoms with Gasteiger partial charge in [-0.15, -0.1) is 0 Å². The number of hydrogen-bond donors (Lipinski definition) is 1. The minimum Gasteiger partial charge on any atom is -0.314 e. The van der Waals surface area contributed by atoms with E-state index in [0.29, 0.717) is 0 Å². The molecule has 0 atom stereocenters. The van der Waals surface area contributed by atoms with Gasteiger partial charge < -0.3 is 5.32 Å². The van der Waals surface area contributed by atoms with Gasteiger partial charge in [0.05, 0.1) is 0 Å². The minimum absolute atomic E-state index is 0.825. The van der Waals surface area contributed by atoms with Gasteiger partial charge >= 0.3 is 0 Å². The topological polar surface area (TPSA) is 27.6 Å². The van der Waals surface area contributed by atoms with Crippen LogP contribution in [0, 0.1) is 0 Å². The zero-order chi connectivity index (χ0) is 10.4. The molecule has 0 aromatic carbocycles. The van der Waals surface area contributed by atoms with Crippen LogP contribution in [0.2, 0.25) is 0 Å². The van der Waals surface area contributed by atoms with Gasteiger partial charge in [-0.1, -0.05) is 13.2 Å². The molecule has 1 fully saturated rings. The van der Waals surface area contributed by atoms with E-state index in [1.165, 1.54) is 0 Å². The Balaban J connectivity index is 2.28. The van der Waals surface area contributed by atoms with Crippen molar-refractivity contribution in [2.24, 2.45) is 4.99 Å². The third-order valence-corrected chi connectivity index (χ3v) is 2.10. The van der Waals surface area contributed by atoms with E-state index in [2.05, 4.69) is 28.4 Å². The highest BCUT2D eigenvalue weighted by atomic mass is 15.2. The van der Waals surface area contributed by atoms with E-state index in [4.69, 9.17) is 0 Å². The van der Waals surface area contributed by atoms with Crippen molar-refractivity contribution < 1.29 is 0 Å². The van der Waals surface area contributed by atoms with Gasteiger partial charge in [0.25, 0.3) is 0 Å². The highest BCUT2D eigenvalue weighted by Gasteiger charge is 2.08. The molecule has 0 aromatic heterocycles. The molecular weight excluding hydrogens is 174 g/mol. The number of nitrogens with zero attached hydrogens (tertiary/aromatic N) is 2. The normalized spacial score (nSPS) is 18.6. The van der Waals surface area contributed by atoms with Gasteiger partial charge in [-0.2, -0.15) is 0 Å². The second-order valence-corrected chi connectivity index (χ2v) is 3.68. The van der Waals surface area contributed by atoms with Crippen molar-refractivity contribution in [2.75, 3.05) is 32.7 Å². The van der Waals surface area contributed by atoms with Gasteiger partial charge in [0.1, 0.15) is 0 Å². The van der Waals surface area contributed by atoms with Crippen molar-refractivity contribution in [3.05, 3.63) is 24.4 Å². The summed E-state index contributed by atoms with van der Waals surface area (Å²) in [4.78, 5) is 6.51. The fourth-order valence-electron chi connectivity index (χ4n) is 1.40. The lowest BCUT2D eigenvalue weighted by Gasteiger charge is -2.27. The lowest BCUT2D eigenvalue weighted by molar-refractivity contribution is 0.262. The Kier molecular flexibility index (Phi) is 4.56. The quantitative estimate of drug-likeness (QED) is 0.676. The van der Waals surface area contributed by atoms with E-state index in [0.717, 1.165) is 44.0 Å². The number of allylic oxidation sites excluding steroid dienone is 1. The molecular formula is C11H19N3. The molecule has 78 valence electrons. The zero-order valence-corrected chi connectivity index (χ0v) is 8.92. The lowest BCUT2D eigenvalue weighted by atomic mass is 10.2. The molecule has 1 aliphatic heterocycles. The maximum Gasteiger partial charge on any atom is 0.0309 e. The first-order valence-electron chi connectivity index (χ1n) is 4.99. The minimum atomic E-state index is 0.825. The van der Waals surface area contributed by atoms with E-state index in [1.807, 2.05) is 13.1 Å². The fraction of sp³-hybridized carbons (Fsp3) is 0.545. The summed E-state index contributed by atoms with van der Waals surface area (Å²) in [7, 11) is 0. The molecule has 14 heavy (non-hydrogen) atoms. The first-order valence-corrected chi connectivity index (χ1v) is 4.99. The molecule has 0 amide bonds. The molecule has 0 saturated carbocycles. The molecule has 0 bridgehead atoms. The number of piperazine rings is 1. The van der Waals surface area contributed by atoms with Crippen LogP contribution in [0.1, 0.15) is 6.92 Å². The number of nitrogens with one attached hydrogen (secondary N) is 1. The molecule has 1 rings (SSSR count). The molecule has 3 heteroatoms. The van der Waals surface area contributed by atoms with E-state index in [9.17, 15) is 0 Å². The van der Waals surface area contributed by atoms with Crippen molar-refractivity contribution in [1.29, 1.82) is 0 Å². The monoisotopic (exact) mass is 193 g/mol. The molecule has 0 radical (unpaired) electrons. The number of rotatable bonds is 4. The van der Waals surface area contributed by atoms with Crippen LogP contribution in [0.25, 0.3) is 0 Å². The zero-order valence-electron chi connectivity index (χ0n) is 8.92. The van der Waals surface area contributed by atoms with Gasteiger partial charge in [-0.3, -0.25) is 9.89 Å². The molecule has 1 aliphatic rings. The average molecular weight is 193 g/mol. The SMILES string of the molecule is C=C(C=NC(=C)C)CN1CCNCC1. The maximum absolute atomic E-state index is 4.13. The number of aliphatic imine (C=N–C) groups is 1. The van der Waals surface area contributed by atoms with Crippen molar-refractivity contribution in [1.82, 2.24) is 10.2 Å². The van der Waals surface area contributed by atoms with Gasteiger partial charge in [-0.05, 0) is 12.5 Å². The predicted octanol–water partition coefficient (Wildman–Crippen LogP) is 1.05. The van der Waals surface area contributed by atoms with Crippen LogP contribution in [0.3, 0.4) is 0 Å². The third kappa shape index (κ3) is 4.35. The Bertz CT molecular complexity index is 237. The van der Waals surface area contributed by atoms with Gasteiger partial charge in [0.15, 0.2) is 0 Å². The molecule has 0 spiro atoms. The van der Waals surface area contributed by atoms with Crippen LogP contribution >= 0.6 is 0 Å². The highest BCUT2D eigenvalue weighted by molar-refractivity contribution is 5.78. The molecule has 1 N–H and O–H groups in total. The smallest absolute Gasteiger partial charge is 0.0309 e. The molecule has 0 aliphatic carbocycles. The first-order chi connectivity index (χ1) is 6.68. The van der Waals surface area contributed by atoms with E-state index in [-0.39, 0.29) is 0 Å². The summed E-state index contributed by atoms with van der Waals surface area (Å²) >= 11 is 0. The summed E-state index contributed by atoms with van der Waals surface area (Å²) < 4.78 is 0. The summed E-state index contributed by atoms with van der Waals surface area (Å²) in [5.41, 5.74) is 1.88. The van der Waals surface area contributed by atoms with Crippen LogP contribution in [-0.4, -0.2) is 43.8 Å². The van der Waals surface area contributed by atoms with Crippen molar-refractivity contribution in [3.63, 3.8) is 0 Å². The Labute approximate surface area is 86.2 Å². The Hall–Kier alpha value is -0.930. The largest absolute Gasteiger partial charge is 0.314 e. The highest BCUT2D eigenvalue weighted by Crippen LogP contribution is 1.98. The summed E-state index contributed by atoms with van der Waals surface area (Å²) in [6.07, 6.45) is 1.81. The van der Waals surface area contributed by atoms with Crippen LogP contribution in [-0.2, 0) is 0 Å². The molecule has 0 aromatic rings. The summed E-state index contributed by atoms with van der Waals surface area (Å²) in [5, 5.41) is 3.32. The van der Waals surface area contributed by atoms with E-state index >= 15 is 0 Å². The first kappa shape index (κ1) is 11.1. The maximum atomic E-state index is 4.13. The van der Waals surface area contributed by atoms with Crippen molar-refractivity contribution in [3.8, 4) is 0 Å². The summed E-state index contributed by atoms with van der Waals surface area (Å²) in [6.45, 7) is 14.8. The van der Waals surface area contributed by atoms with Crippen LogP contribution < -0.4 is 5.32 Å². The molecule has 0 unspecified atom stereocenters. The third-order valence-electron chi connectivity index (χ3n) is 2.10. The van der Waals surface area contributed by atoms with Crippen LogP contribution in [0.15, 0.2) is 29.4 Å². The summed E-state index contributed by atoms with van der Waals surface area (Å²) in [5.74, 6) is 0.